The number of alkyl halides is 1. The van der Waals surface area contributed by atoms with Crippen molar-refractivity contribution < 1.29 is 5.11 Å². The summed E-state index contributed by atoms with van der Waals surface area (Å²) in [5.74, 6) is 2.36. The second-order valence-electron chi connectivity index (χ2n) is 3.17. The zero-order valence-corrected chi connectivity index (χ0v) is 10.1. The molecule has 0 aliphatic heterocycles. The van der Waals surface area contributed by atoms with Crippen LogP contribution in [0.25, 0.3) is 0 Å². The van der Waals surface area contributed by atoms with Gasteiger partial charge in [0, 0.05) is 22.0 Å². The molecule has 1 unspecified atom stereocenters. The minimum absolute atomic E-state index is 0.0153. The number of terminal acetylenes is 1. The number of hydrogen-bond acceptors (Lipinski definition) is 1. The van der Waals surface area contributed by atoms with Crippen molar-refractivity contribution in [3.63, 3.8) is 0 Å². The molecule has 0 saturated carbocycles. The lowest BCUT2D eigenvalue weighted by Gasteiger charge is -2.25. The van der Waals surface area contributed by atoms with E-state index in [-0.39, 0.29) is 12.3 Å². The Labute approximate surface area is 104 Å². The van der Waals surface area contributed by atoms with Gasteiger partial charge in [-0.25, -0.2) is 0 Å². The van der Waals surface area contributed by atoms with Crippen LogP contribution in [0.15, 0.2) is 18.2 Å². The van der Waals surface area contributed by atoms with E-state index in [9.17, 15) is 5.11 Å². The Bertz CT molecular complexity index is 397. The summed E-state index contributed by atoms with van der Waals surface area (Å²) in [6, 6.07) is 4.81. The van der Waals surface area contributed by atoms with Crippen molar-refractivity contribution in [3.05, 3.63) is 33.8 Å². The summed E-state index contributed by atoms with van der Waals surface area (Å²) >= 11 is 17.4. The van der Waals surface area contributed by atoms with Crippen molar-refractivity contribution >= 4 is 34.8 Å². The Morgan fingerprint density at radius 3 is 2.53 bits per heavy atom. The van der Waals surface area contributed by atoms with Crippen LogP contribution in [-0.2, 0) is 5.60 Å². The number of benzene rings is 1. The summed E-state index contributed by atoms with van der Waals surface area (Å²) in [6.45, 7) is 0. The highest BCUT2D eigenvalue weighted by atomic mass is 35.5. The van der Waals surface area contributed by atoms with Gasteiger partial charge in [-0.1, -0.05) is 29.3 Å². The van der Waals surface area contributed by atoms with Crippen molar-refractivity contribution in [2.45, 2.75) is 12.0 Å². The molecule has 0 aliphatic rings. The summed E-state index contributed by atoms with van der Waals surface area (Å²) in [5.41, 5.74) is -0.792. The molecule has 0 aromatic heterocycles. The van der Waals surface area contributed by atoms with E-state index < -0.39 is 5.60 Å². The molecule has 0 radical (unpaired) electrons. The van der Waals surface area contributed by atoms with Crippen LogP contribution in [0, 0.1) is 12.3 Å². The highest BCUT2D eigenvalue weighted by Gasteiger charge is 2.29. The second kappa shape index (κ2) is 5.09. The van der Waals surface area contributed by atoms with Crippen molar-refractivity contribution in [2.24, 2.45) is 0 Å². The van der Waals surface area contributed by atoms with Gasteiger partial charge in [-0.2, -0.15) is 0 Å². The van der Waals surface area contributed by atoms with E-state index in [4.69, 9.17) is 41.2 Å². The summed E-state index contributed by atoms with van der Waals surface area (Å²) in [5, 5.41) is 11.0. The molecule has 0 bridgehead atoms. The van der Waals surface area contributed by atoms with Crippen molar-refractivity contribution in [2.75, 3.05) is 5.88 Å². The second-order valence-corrected chi connectivity index (χ2v) is 4.28. The third-order valence-corrected chi connectivity index (χ3v) is 3.04. The van der Waals surface area contributed by atoms with Crippen LogP contribution in [0.1, 0.15) is 12.0 Å². The van der Waals surface area contributed by atoms with Gasteiger partial charge in [-0.3, -0.25) is 0 Å². The maximum atomic E-state index is 10.2. The predicted octanol–water partition coefficient (Wildman–Crippen LogP) is 3.44. The largest absolute Gasteiger partial charge is 0.383 e. The van der Waals surface area contributed by atoms with Crippen LogP contribution in [-0.4, -0.2) is 11.0 Å². The fourth-order valence-electron chi connectivity index (χ4n) is 1.25. The molecule has 0 spiro atoms. The summed E-state index contributed by atoms with van der Waals surface area (Å²) in [6.07, 6.45) is 5.28. The zero-order chi connectivity index (χ0) is 11.5. The van der Waals surface area contributed by atoms with E-state index in [0.717, 1.165) is 0 Å². The lowest BCUT2D eigenvalue weighted by molar-refractivity contribution is 0.0669. The maximum absolute atomic E-state index is 10.2. The molecular formula is C11H9Cl3O. The fourth-order valence-corrected chi connectivity index (χ4v) is 2.07. The van der Waals surface area contributed by atoms with Crippen LogP contribution in [0.5, 0.6) is 0 Å². The fraction of sp³-hybridized carbons (Fsp3) is 0.273. The van der Waals surface area contributed by atoms with Crippen LogP contribution in [0.4, 0.5) is 0 Å². The van der Waals surface area contributed by atoms with E-state index in [2.05, 4.69) is 5.92 Å². The predicted molar refractivity (Wildman–Crippen MR) is 64.5 cm³/mol. The number of halogens is 3. The van der Waals surface area contributed by atoms with Gasteiger partial charge in [0.2, 0.25) is 0 Å². The molecule has 15 heavy (non-hydrogen) atoms. The number of aliphatic hydroxyl groups is 1. The lowest BCUT2D eigenvalue weighted by atomic mass is 9.93. The quantitative estimate of drug-likeness (QED) is 0.654. The van der Waals surface area contributed by atoms with Crippen molar-refractivity contribution in [1.29, 1.82) is 0 Å². The number of rotatable bonds is 3. The first kappa shape index (κ1) is 12.7. The standard InChI is InChI=1S/C11H9Cl3O/c1-2-5-11(15,7-12)9-4-3-8(13)6-10(9)14/h1,3-4,6,15H,5,7H2. The average molecular weight is 264 g/mol. The Kier molecular flexibility index (Phi) is 4.31. The molecule has 1 N–H and O–H groups in total. The normalized spacial score (nSPS) is 14.3. The Morgan fingerprint density at radius 2 is 2.07 bits per heavy atom. The molecule has 80 valence electrons. The first-order valence-corrected chi connectivity index (χ1v) is 5.50. The van der Waals surface area contributed by atoms with Gasteiger partial charge < -0.3 is 5.11 Å². The summed E-state index contributed by atoms with van der Waals surface area (Å²) < 4.78 is 0. The molecule has 1 nitrogen and oxygen atoms in total. The highest BCUT2D eigenvalue weighted by molar-refractivity contribution is 6.35. The summed E-state index contributed by atoms with van der Waals surface area (Å²) in [7, 11) is 0. The van der Waals surface area contributed by atoms with Gasteiger partial charge >= 0.3 is 0 Å². The van der Waals surface area contributed by atoms with Gasteiger partial charge in [0.15, 0.2) is 0 Å². The summed E-state index contributed by atoms with van der Waals surface area (Å²) in [4.78, 5) is 0. The van der Waals surface area contributed by atoms with E-state index in [1.165, 1.54) is 0 Å². The molecular weight excluding hydrogens is 254 g/mol. The van der Waals surface area contributed by atoms with E-state index in [0.29, 0.717) is 15.6 Å². The topological polar surface area (TPSA) is 20.2 Å². The van der Waals surface area contributed by atoms with Crippen LogP contribution >= 0.6 is 34.8 Å². The van der Waals surface area contributed by atoms with Crippen LogP contribution in [0.2, 0.25) is 10.0 Å². The minimum atomic E-state index is -1.29. The van der Waals surface area contributed by atoms with E-state index in [1.807, 2.05) is 0 Å². The average Bonchev–Trinajstić information content (AvgIpc) is 2.17. The molecule has 1 rings (SSSR count). The third kappa shape index (κ3) is 2.80. The Hall–Kier alpha value is -0.390. The molecule has 0 heterocycles. The van der Waals surface area contributed by atoms with Crippen LogP contribution in [0.3, 0.4) is 0 Å². The first-order valence-electron chi connectivity index (χ1n) is 4.21. The van der Waals surface area contributed by atoms with Gasteiger partial charge in [0.05, 0.1) is 5.88 Å². The van der Waals surface area contributed by atoms with Gasteiger partial charge in [0.25, 0.3) is 0 Å². The third-order valence-electron chi connectivity index (χ3n) is 2.05. The molecule has 0 aliphatic carbocycles. The van der Waals surface area contributed by atoms with E-state index in [1.54, 1.807) is 18.2 Å². The monoisotopic (exact) mass is 262 g/mol. The Balaban J connectivity index is 3.19. The molecule has 0 fully saturated rings. The smallest absolute Gasteiger partial charge is 0.115 e. The molecule has 0 saturated heterocycles. The van der Waals surface area contributed by atoms with Gasteiger partial charge in [-0.15, -0.1) is 23.9 Å². The van der Waals surface area contributed by atoms with Gasteiger partial charge in [-0.05, 0) is 12.1 Å². The molecule has 1 atom stereocenters. The molecule has 0 amide bonds. The van der Waals surface area contributed by atoms with Crippen molar-refractivity contribution in [1.82, 2.24) is 0 Å². The highest BCUT2D eigenvalue weighted by Crippen LogP contribution is 2.33. The number of hydrogen-bond donors (Lipinski definition) is 1. The molecule has 4 heteroatoms. The lowest BCUT2D eigenvalue weighted by Crippen LogP contribution is -2.27. The van der Waals surface area contributed by atoms with E-state index >= 15 is 0 Å². The maximum Gasteiger partial charge on any atom is 0.115 e. The first-order chi connectivity index (χ1) is 7.03. The SMILES string of the molecule is C#CCC(O)(CCl)c1ccc(Cl)cc1Cl. The molecule has 1 aromatic carbocycles. The van der Waals surface area contributed by atoms with Crippen molar-refractivity contribution in [3.8, 4) is 12.3 Å². The minimum Gasteiger partial charge on any atom is -0.383 e. The zero-order valence-electron chi connectivity index (χ0n) is 7.80. The van der Waals surface area contributed by atoms with Gasteiger partial charge in [0.1, 0.15) is 5.60 Å². The Morgan fingerprint density at radius 1 is 1.40 bits per heavy atom. The molecule has 1 aromatic rings. The van der Waals surface area contributed by atoms with Crippen LogP contribution < -0.4 is 0 Å².